The van der Waals surface area contributed by atoms with Gasteiger partial charge in [0.15, 0.2) is 0 Å². The summed E-state index contributed by atoms with van der Waals surface area (Å²) in [6, 6.07) is 7.22. The Labute approximate surface area is 141 Å². The number of benzene rings is 1. The van der Waals surface area contributed by atoms with Crippen molar-refractivity contribution in [2.75, 3.05) is 32.7 Å². The number of aromatic nitrogens is 2. The van der Waals surface area contributed by atoms with Crippen molar-refractivity contribution in [2.24, 2.45) is 0 Å². The van der Waals surface area contributed by atoms with Crippen LogP contribution in [0.15, 0.2) is 28.8 Å². The van der Waals surface area contributed by atoms with Crippen LogP contribution in [0.2, 0.25) is 0 Å². The van der Waals surface area contributed by atoms with Crippen LogP contribution >= 0.6 is 12.4 Å². The molecular weight excluding hydrogens is 316 g/mol. The van der Waals surface area contributed by atoms with Gasteiger partial charge in [0.25, 0.3) is 0 Å². The van der Waals surface area contributed by atoms with Crippen LogP contribution in [0.1, 0.15) is 23.2 Å². The molecule has 1 aromatic heterocycles. The minimum atomic E-state index is 0. The quantitative estimate of drug-likeness (QED) is 0.779. The summed E-state index contributed by atoms with van der Waals surface area (Å²) in [5, 5.41) is 4.02. The third-order valence-electron chi connectivity index (χ3n) is 4.02. The fourth-order valence-corrected chi connectivity index (χ4v) is 2.64. The summed E-state index contributed by atoms with van der Waals surface area (Å²) in [4.78, 5) is 20.0. The maximum absolute atomic E-state index is 10.8. The molecule has 2 heterocycles. The molecular formula is C16H21ClN4O2. The van der Waals surface area contributed by atoms with E-state index in [0.717, 1.165) is 44.6 Å². The van der Waals surface area contributed by atoms with Gasteiger partial charge in [-0.2, -0.15) is 4.98 Å². The second-order valence-corrected chi connectivity index (χ2v) is 5.47. The Balaban J connectivity index is 0.00000192. The van der Waals surface area contributed by atoms with Gasteiger partial charge in [-0.1, -0.05) is 30.3 Å². The lowest BCUT2D eigenvalue weighted by molar-refractivity contribution is 0.112. The third kappa shape index (κ3) is 4.37. The zero-order chi connectivity index (χ0) is 15.4. The molecule has 0 unspecified atom stereocenters. The predicted octanol–water partition coefficient (Wildman–Crippen LogP) is 2.11. The molecule has 124 valence electrons. The maximum Gasteiger partial charge on any atom is 0.241 e. The molecule has 1 aliphatic heterocycles. The van der Waals surface area contributed by atoms with E-state index in [4.69, 9.17) is 4.52 Å². The topological polar surface area (TPSA) is 62.5 Å². The van der Waals surface area contributed by atoms with Crippen LogP contribution in [-0.2, 0) is 6.54 Å². The van der Waals surface area contributed by atoms with Crippen LogP contribution in [0.3, 0.4) is 0 Å². The average molecular weight is 337 g/mol. The van der Waals surface area contributed by atoms with Crippen LogP contribution in [0.4, 0.5) is 0 Å². The van der Waals surface area contributed by atoms with Gasteiger partial charge in [0.1, 0.15) is 6.29 Å². The van der Waals surface area contributed by atoms with Crippen LogP contribution < -0.4 is 0 Å². The van der Waals surface area contributed by atoms with Gasteiger partial charge in [0.05, 0.1) is 6.54 Å². The van der Waals surface area contributed by atoms with Crippen LogP contribution in [0, 0.1) is 0 Å². The highest BCUT2D eigenvalue weighted by atomic mass is 35.5. The van der Waals surface area contributed by atoms with Crippen molar-refractivity contribution in [3.8, 4) is 11.4 Å². The van der Waals surface area contributed by atoms with Crippen molar-refractivity contribution in [2.45, 2.75) is 13.5 Å². The van der Waals surface area contributed by atoms with E-state index >= 15 is 0 Å². The lowest BCUT2D eigenvalue weighted by Crippen LogP contribution is -2.45. The normalized spacial score (nSPS) is 16.0. The number of rotatable bonds is 5. The van der Waals surface area contributed by atoms with E-state index in [2.05, 4.69) is 26.9 Å². The Bertz CT molecular complexity index is 639. The molecule has 3 rings (SSSR count). The predicted molar refractivity (Wildman–Crippen MR) is 89.8 cm³/mol. The Kier molecular flexibility index (Phi) is 6.27. The number of piperazine rings is 1. The van der Waals surface area contributed by atoms with Gasteiger partial charge < -0.3 is 9.42 Å². The smallest absolute Gasteiger partial charge is 0.241 e. The summed E-state index contributed by atoms with van der Waals surface area (Å²) in [5.74, 6) is 1.15. The second-order valence-electron chi connectivity index (χ2n) is 5.47. The first-order valence-electron chi connectivity index (χ1n) is 7.61. The minimum Gasteiger partial charge on any atom is -0.338 e. The number of halogens is 1. The van der Waals surface area contributed by atoms with E-state index in [1.807, 2.05) is 12.1 Å². The highest BCUT2D eigenvalue weighted by Crippen LogP contribution is 2.17. The fourth-order valence-electron chi connectivity index (χ4n) is 2.64. The van der Waals surface area contributed by atoms with E-state index in [1.165, 1.54) is 0 Å². The summed E-state index contributed by atoms with van der Waals surface area (Å²) in [6.07, 6.45) is 0.817. The Morgan fingerprint density at radius 3 is 2.65 bits per heavy atom. The molecule has 23 heavy (non-hydrogen) atoms. The number of aldehydes is 1. The molecule has 2 aromatic rings. The summed E-state index contributed by atoms with van der Waals surface area (Å²) in [5.41, 5.74) is 1.41. The standard InChI is InChI=1S/C16H20N4O2.ClH/c1-2-19-6-8-20(9-7-19)11-15-17-16(18-22-15)14-5-3-4-13(10-14)12-21;/h3-5,10,12H,2,6-9,11H2,1H3;1H. The highest BCUT2D eigenvalue weighted by Gasteiger charge is 2.18. The van der Waals surface area contributed by atoms with Crippen molar-refractivity contribution in [1.82, 2.24) is 19.9 Å². The molecule has 0 bridgehead atoms. The Morgan fingerprint density at radius 1 is 1.22 bits per heavy atom. The molecule has 0 saturated carbocycles. The fraction of sp³-hybridized carbons (Fsp3) is 0.438. The molecule has 1 saturated heterocycles. The van der Waals surface area contributed by atoms with Crippen LogP contribution in [-0.4, -0.2) is 59.0 Å². The van der Waals surface area contributed by atoms with Gasteiger partial charge in [-0.3, -0.25) is 9.69 Å². The molecule has 6 nitrogen and oxygen atoms in total. The van der Waals surface area contributed by atoms with E-state index in [1.54, 1.807) is 12.1 Å². The van der Waals surface area contributed by atoms with Crippen LogP contribution in [0.5, 0.6) is 0 Å². The molecule has 0 atom stereocenters. The van der Waals surface area contributed by atoms with E-state index in [0.29, 0.717) is 23.8 Å². The number of nitrogens with zero attached hydrogens (tertiary/aromatic N) is 4. The maximum atomic E-state index is 10.8. The zero-order valence-corrected chi connectivity index (χ0v) is 14.0. The zero-order valence-electron chi connectivity index (χ0n) is 13.1. The lowest BCUT2D eigenvalue weighted by Gasteiger charge is -2.33. The first-order chi connectivity index (χ1) is 10.8. The average Bonchev–Trinajstić information content (AvgIpc) is 3.04. The van der Waals surface area contributed by atoms with E-state index in [9.17, 15) is 4.79 Å². The summed E-state index contributed by atoms with van der Waals surface area (Å²) in [6.45, 7) is 8.17. The van der Waals surface area contributed by atoms with E-state index < -0.39 is 0 Å². The molecule has 0 radical (unpaired) electrons. The summed E-state index contributed by atoms with van der Waals surface area (Å²) < 4.78 is 5.34. The van der Waals surface area contributed by atoms with Crippen LogP contribution in [0.25, 0.3) is 11.4 Å². The number of hydrogen-bond acceptors (Lipinski definition) is 6. The molecule has 1 fully saturated rings. The molecule has 0 amide bonds. The molecule has 7 heteroatoms. The largest absolute Gasteiger partial charge is 0.338 e. The summed E-state index contributed by atoms with van der Waals surface area (Å²) >= 11 is 0. The van der Waals surface area contributed by atoms with E-state index in [-0.39, 0.29) is 12.4 Å². The first-order valence-corrected chi connectivity index (χ1v) is 7.61. The highest BCUT2D eigenvalue weighted by molar-refractivity contribution is 5.85. The molecule has 0 spiro atoms. The van der Waals surface area contributed by atoms with Gasteiger partial charge >= 0.3 is 0 Å². The van der Waals surface area contributed by atoms with Gasteiger partial charge in [0.2, 0.25) is 11.7 Å². The monoisotopic (exact) mass is 336 g/mol. The van der Waals surface area contributed by atoms with Gasteiger partial charge in [-0.05, 0) is 12.6 Å². The third-order valence-corrected chi connectivity index (χ3v) is 4.02. The van der Waals surface area contributed by atoms with Crippen molar-refractivity contribution in [3.63, 3.8) is 0 Å². The number of likely N-dealkylation sites (N-methyl/N-ethyl adjacent to an activating group) is 1. The van der Waals surface area contributed by atoms with Crippen molar-refractivity contribution >= 4 is 18.7 Å². The minimum absolute atomic E-state index is 0. The first kappa shape index (κ1) is 17.6. The van der Waals surface area contributed by atoms with Gasteiger partial charge in [-0.15, -0.1) is 12.4 Å². The van der Waals surface area contributed by atoms with Crippen molar-refractivity contribution in [3.05, 3.63) is 35.7 Å². The van der Waals surface area contributed by atoms with Gasteiger partial charge in [0, 0.05) is 37.3 Å². The van der Waals surface area contributed by atoms with Gasteiger partial charge in [-0.25, -0.2) is 0 Å². The number of hydrogen-bond donors (Lipinski definition) is 0. The summed E-state index contributed by atoms with van der Waals surface area (Å²) in [7, 11) is 0. The second kappa shape index (κ2) is 8.19. The Morgan fingerprint density at radius 2 is 1.96 bits per heavy atom. The Hall–Kier alpha value is -1.76. The van der Waals surface area contributed by atoms with Crippen molar-refractivity contribution in [1.29, 1.82) is 0 Å². The molecule has 1 aromatic carbocycles. The molecule has 0 N–H and O–H groups in total. The molecule has 0 aliphatic carbocycles. The molecule has 1 aliphatic rings. The number of carbonyl (C=O) groups excluding carboxylic acids is 1. The SMILES string of the molecule is CCN1CCN(Cc2nc(-c3cccc(C=O)c3)no2)CC1.Cl. The number of carbonyl (C=O) groups is 1. The van der Waals surface area contributed by atoms with Crippen molar-refractivity contribution < 1.29 is 9.32 Å². The lowest BCUT2D eigenvalue weighted by atomic mass is 10.1.